The van der Waals surface area contributed by atoms with Crippen LogP contribution >= 0.6 is 0 Å². The standard InChI is InChI=1S/C13H15N3O/c1-8-5-11(8)13-15-12(17-16-13)7-9-3-2-4-10(14)6-9/h2-4,6,8,11H,5,7,14H2,1H3. The van der Waals surface area contributed by atoms with Crippen LogP contribution in [0.4, 0.5) is 5.69 Å². The summed E-state index contributed by atoms with van der Waals surface area (Å²) in [5.41, 5.74) is 7.59. The predicted octanol–water partition coefficient (Wildman–Crippen LogP) is 2.37. The summed E-state index contributed by atoms with van der Waals surface area (Å²) in [5, 5.41) is 4.03. The average molecular weight is 229 g/mol. The minimum atomic E-state index is 0.508. The number of nitrogens with zero attached hydrogens (tertiary/aromatic N) is 2. The van der Waals surface area contributed by atoms with Gasteiger partial charge in [-0.25, -0.2) is 0 Å². The molecule has 2 atom stereocenters. The molecule has 1 fully saturated rings. The maximum Gasteiger partial charge on any atom is 0.231 e. The number of nitrogens with two attached hydrogens (primary N) is 1. The normalized spacial score (nSPS) is 22.6. The van der Waals surface area contributed by atoms with Crippen molar-refractivity contribution in [3.8, 4) is 0 Å². The summed E-state index contributed by atoms with van der Waals surface area (Å²) in [6.45, 7) is 2.21. The summed E-state index contributed by atoms with van der Waals surface area (Å²) < 4.78 is 5.26. The highest BCUT2D eigenvalue weighted by atomic mass is 16.5. The van der Waals surface area contributed by atoms with E-state index < -0.39 is 0 Å². The molecule has 2 unspecified atom stereocenters. The van der Waals surface area contributed by atoms with E-state index in [0.29, 0.717) is 24.1 Å². The van der Waals surface area contributed by atoms with Crippen molar-refractivity contribution in [3.63, 3.8) is 0 Å². The third-order valence-corrected chi connectivity index (χ3v) is 3.23. The Labute approximate surface area is 99.8 Å². The van der Waals surface area contributed by atoms with E-state index in [2.05, 4.69) is 17.1 Å². The van der Waals surface area contributed by atoms with Crippen molar-refractivity contribution in [2.75, 3.05) is 5.73 Å². The molecule has 0 amide bonds. The van der Waals surface area contributed by atoms with Gasteiger partial charge in [-0.1, -0.05) is 24.2 Å². The Balaban J connectivity index is 1.75. The van der Waals surface area contributed by atoms with Gasteiger partial charge in [-0.2, -0.15) is 4.98 Å². The van der Waals surface area contributed by atoms with Gasteiger partial charge in [0.15, 0.2) is 5.82 Å². The first-order valence-electron chi connectivity index (χ1n) is 5.89. The monoisotopic (exact) mass is 229 g/mol. The van der Waals surface area contributed by atoms with Gasteiger partial charge in [0.25, 0.3) is 0 Å². The van der Waals surface area contributed by atoms with Crippen molar-refractivity contribution in [1.29, 1.82) is 0 Å². The molecule has 1 aliphatic carbocycles. The summed E-state index contributed by atoms with van der Waals surface area (Å²) in [4.78, 5) is 4.43. The van der Waals surface area contributed by atoms with Gasteiger partial charge in [0, 0.05) is 11.6 Å². The Morgan fingerprint density at radius 1 is 1.47 bits per heavy atom. The zero-order chi connectivity index (χ0) is 11.8. The summed E-state index contributed by atoms with van der Waals surface area (Å²) in [6.07, 6.45) is 1.83. The van der Waals surface area contributed by atoms with E-state index in [9.17, 15) is 0 Å². The van der Waals surface area contributed by atoms with E-state index in [4.69, 9.17) is 10.3 Å². The zero-order valence-corrected chi connectivity index (χ0v) is 9.76. The average Bonchev–Trinajstić information content (AvgIpc) is 2.85. The van der Waals surface area contributed by atoms with Crippen LogP contribution in [0.2, 0.25) is 0 Å². The van der Waals surface area contributed by atoms with Crippen molar-refractivity contribution < 1.29 is 4.52 Å². The van der Waals surface area contributed by atoms with Crippen molar-refractivity contribution >= 4 is 5.69 Å². The molecule has 0 spiro atoms. The number of nitrogen functional groups attached to an aromatic ring is 1. The minimum Gasteiger partial charge on any atom is -0.399 e. The summed E-state index contributed by atoms with van der Waals surface area (Å²) in [7, 11) is 0. The molecule has 4 nitrogen and oxygen atoms in total. The minimum absolute atomic E-state index is 0.508. The van der Waals surface area contributed by atoms with E-state index in [1.807, 2.05) is 24.3 Å². The molecule has 2 aromatic rings. The van der Waals surface area contributed by atoms with Crippen molar-refractivity contribution in [2.45, 2.75) is 25.7 Å². The highest BCUT2D eigenvalue weighted by Gasteiger charge is 2.37. The summed E-state index contributed by atoms with van der Waals surface area (Å²) in [5.74, 6) is 2.74. The largest absolute Gasteiger partial charge is 0.399 e. The maximum absolute atomic E-state index is 5.73. The molecule has 2 N–H and O–H groups in total. The molecule has 88 valence electrons. The van der Waals surface area contributed by atoms with Gasteiger partial charge in [0.05, 0.1) is 6.42 Å². The van der Waals surface area contributed by atoms with Crippen LogP contribution in [0.15, 0.2) is 28.8 Å². The van der Waals surface area contributed by atoms with Gasteiger partial charge in [-0.05, 0) is 30.0 Å². The second-order valence-electron chi connectivity index (χ2n) is 4.79. The molecule has 0 aliphatic heterocycles. The highest BCUT2D eigenvalue weighted by molar-refractivity contribution is 5.41. The molecule has 1 aliphatic rings. The van der Waals surface area contributed by atoms with Crippen LogP contribution in [0, 0.1) is 5.92 Å². The van der Waals surface area contributed by atoms with Gasteiger partial charge < -0.3 is 10.3 Å². The van der Waals surface area contributed by atoms with Gasteiger partial charge in [-0.15, -0.1) is 0 Å². The lowest BCUT2D eigenvalue weighted by Crippen LogP contribution is -1.92. The lowest BCUT2D eigenvalue weighted by molar-refractivity contribution is 0.379. The second kappa shape index (κ2) is 3.87. The highest BCUT2D eigenvalue weighted by Crippen LogP contribution is 2.45. The Morgan fingerprint density at radius 2 is 2.29 bits per heavy atom. The van der Waals surface area contributed by atoms with Crippen LogP contribution in [-0.4, -0.2) is 10.1 Å². The number of hydrogen-bond acceptors (Lipinski definition) is 4. The van der Waals surface area contributed by atoms with Crippen molar-refractivity contribution in [2.24, 2.45) is 5.92 Å². The van der Waals surface area contributed by atoms with E-state index in [1.165, 1.54) is 6.42 Å². The lowest BCUT2D eigenvalue weighted by Gasteiger charge is -1.97. The number of aromatic nitrogens is 2. The van der Waals surface area contributed by atoms with Crippen molar-refractivity contribution in [1.82, 2.24) is 10.1 Å². The molecule has 3 rings (SSSR count). The topological polar surface area (TPSA) is 64.9 Å². The fourth-order valence-electron chi connectivity index (χ4n) is 2.05. The molecule has 1 aromatic heterocycles. The molecule has 4 heteroatoms. The number of hydrogen-bond donors (Lipinski definition) is 1. The molecule has 1 saturated carbocycles. The fourth-order valence-corrected chi connectivity index (χ4v) is 2.05. The van der Waals surface area contributed by atoms with Crippen molar-refractivity contribution in [3.05, 3.63) is 41.5 Å². The van der Waals surface area contributed by atoms with Gasteiger partial charge in [0.2, 0.25) is 5.89 Å². The molecular formula is C13H15N3O. The van der Waals surface area contributed by atoms with Crippen LogP contribution in [0.25, 0.3) is 0 Å². The SMILES string of the molecule is CC1CC1c1noc(Cc2cccc(N)c2)n1. The van der Waals surface area contributed by atoms with E-state index in [-0.39, 0.29) is 0 Å². The Morgan fingerprint density at radius 3 is 3.00 bits per heavy atom. The maximum atomic E-state index is 5.73. The second-order valence-corrected chi connectivity index (χ2v) is 4.79. The van der Waals surface area contributed by atoms with E-state index in [1.54, 1.807) is 0 Å². The smallest absolute Gasteiger partial charge is 0.231 e. The van der Waals surface area contributed by atoms with Crippen LogP contribution in [0.5, 0.6) is 0 Å². The number of benzene rings is 1. The number of anilines is 1. The molecular weight excluding hydrogens is 214 g/mol. The van der Waals surface area contributed by atoms with Gasteiger partial charge in [0.1, 0.15) is 0 Å². The van der Waals surface area contributed by atoms with Crippen LogP contribution in [0.3, 0.4) is 0 Å². The third kappa shape index (κ3) is 2.16. The quantitative estimate of drug-likeness (QED) is 0.820. The van der Waals surface area contributed by atoms with Crippen LogP contribution in [0.1, 0.15) is 36.5 Å². The van der Waals surface area contributed by atoms with Crippen LogP contribution in [-0.2, 0) is 6.42 Å². The molecule has 0 bridgehead atoms. The summed E-state index contributed by atoms with van der Waals surface area (Å²) in [6, 6.07) is 7.75. The zero-order valence-electron chi connectivity index (χ0n) is 9.76. The summed E-state index contributed by atoms with van der Waals surface area (Å²) >= 11 is 0. The third-order valence-electron chi connectivity index (χ3n) is 3.23. The van der Waals surface area contributed by atoms with Gasteiger partial charge in [-0.3, -0.25) is 0 Å². The molecule has 1 heterocycles. The molecule has 0 saturated heterocycles. The molecule has 0 radical (unpaired) electrons. The predicted molar refractivity (Wildman–Crippen MR) is 64.5 cm³/mol. The van der Waals surface area contributed by atoms with E-state index >= 15 is 0 Å². The lowest BCUT2D eigenvalue weighted by atomic mass is 10.1. The number of rotatable bonds is 3. The molecule has 1 aromatic carbocycles. The first-order chi connectivity index (χ1) is 8.22. The Hall–Kier alpha value is -1.84. The van der Waals surface area contributed by atoms with Gasteiger partial charge >= 0.3 is 0 Å². The first-order valence-corrected chi connectivity index (χ1v) is 5.89. The molecule has 17 heavy (non-hydrogen) atoms. The Kier molecular flexibility index (Phi) is 2.35. The Bertz CT molecular complexity index is 535. The van der Waals surface area contributed by atoms with E-state index in [0.717, 1.165) is 17.1 Å². The first kappa shape index (κ1) is 10.3. The van der Waals surface area contributed by atoms with Crippen LogP contribution < -0.4 is 5.73 Å². The fraction of sp³-hybridized carbons (Fsp3) is 0.385.